The predicted molar refractivity (Wildman–Crippen MR) is 184 cm³/mol. The molecule has 0 spiro atoms. The number of piperazine rings is 1. The number of hydrogen-bond acceptors (Lipinski definition) is 5. The molecule has 1 N–H and O–H groups in total. The van der Waals surface area contributed by atoms with Crippen molar-refractivity contribution in [1.82, 2.24) is 9.80 Å². The third kappa shape index (κ3) is 12.8. The lowest BCUT2D eigenvalue weighted by atomic mass is 9.92. The predicted octanol–water partition coefficient (Wildman–Crippen LogP) is 8.30. The molecule has 2 aromatic carbocycles. The molecule has 2 fully saturated rings. The number of carbonyl (C=O) groups excluding carboxylic acids is 1. The maximum atomic E-state index is 11.4. The molecule has 1 heterocycles. The number of carboxylic acid groups (broad SMARTS) is 1. The van der Waals surface area contributed by atoms with Crippen LogP contribution in [0.2, 0.25) is 0 Å². The van der Waals surface area contributed by atoms with E-state index in [2.05, 4.69) is 40.2 Å². The lowest BCUT2D eigenvalue weighted by molar-refractivity contribution is -0.117. The van der Waals surface area contributed by atoms with Crippen LogP contribution in [0.5, 0.6) is 5.75 Å². The van der Waals surface area contributed by atoms with Crippen LogP contribution in [0.4, 0.5) is 0 Å². The minimum atomic E-state index is -0.905. The quantitative estimate of drug-likeness (QED) is 0.134. The Bertz CT molecular complexity index is 1180. The van der Waals surface area contributed by atoms with Gasteiger partial charge in [-0.1, -0.05) is 74.6 Å². The Morgan fingerprint density at radius 1 is 0.889 bits per heavy atom. The van der Waals surface area contributed by atoms with Crippen molar-refractivity contribution in [3.63, 3.8) is 0 Å². The lowest BCUT2D eigenvalue weighted by Crippen LogP contribution is -2.50. The lowest BCUT2D eigenvalue weighted by Gasteiger charge is -2.39. The molecule has 0 amide bonds. The van der Waals surface area contributed by atoms with Crippen LogP contribution in [0, 0.1) is 5.92 Å². The highest BCUT2D eigenvalue weighted by atomic mass is 16.5. The summed E-state index contributed by atoms with van der Waals surface area (Å²) in [7, 11) is 0. The number of ketones is 1. The SMILES string of the molecule is CC(=O)CCCCC(/C=C/c1ccccc1OCCCCCN1CCN(C2CCCCCC2)CC1)Cc1ccc(C(=O)O)cc1. The first-order valence-electron chi connectivity index (χ1n) is 17.7. The molecule has 1 atom stereocenters. The van der Waals surface area contributed by atoms with E-state index in [0.717, 1.165) is 61.6 Å². The van der Waals surface area contributed by atoms with Crippen molar-refractivity contribution in [2.75, 3.05) is 39.3 Å². The Kier molecular flexibility index (Phi) is 15.1. The zero-order chi connectivity index (χ0) is 31.7. The summed E-state index contributed by atoms with van der Waals surface area (Å²) >= 11 is 0. The number of aromatic carboxylic acids is 1. The Balaban J connectivity index is 1.20. The molecule has 2 aliphatic rings. The standard InChI is InChI=1S/C39H56N2O4/c1-32(42)13-7-8-14-33(31-34-20-23-36(24-21-34)39(43)44)19-22-35-15-9-10-18-38(35)45-30-12-4-11-25-40-26-28-41(29-27-40)37-16-5-2-3-6-17-37/h9-10,15,18-24,33,37H,2-8,11-14,16-17,25-31H2,1H3,(H,43,44)/b22-19+. The molecular formula is C39H56N2O4. The van der Waals surface area contributed by atoms with Crippen LogP contribution in [0.15, 0.2) is 54.6 Å². The number of nitrogens with zero attached hydrogens (tertiary/aromatic N) is 2. The van der Waals surface area contributed by atoms with Gasteiger partial charge in [-0.3, -0.25) is 4.90 Å². The van der Waals surface area contributed by atoms with Gasteiger partial charge in [-0.05, 0) is 94.5 Å². The first-order chi connectivity index (χ1) is 22.0. The van der Waals surface area contributed by atoms with E-state index < -0.39 is 5.97 Å². The van der Waals surface area contributed by atoms with Gasteiger partial charge in [0.2, 0.25) is 0 Å². The maximum Gasteiger partial charge on any atom is 0.335 e. The van der Waals surface area contributed by atoms with Crippen molar-refractivity contribution in [2.45, 2.75) is 103 Å². The molecular weight excluding hydrogens is 560 g/mol. The van der Waals surface area contributed by atoms with Crippen molar-refractivity contribution in [1.29, 1.82) is 0 Å². The van der Waals surface area contributed by atoms with Gasteiger partial charge in [0.25, 0.3) is 0 Å². The normalized spacial score (nSPS) is 17.7. The van der Waals surface area contributed by atoms with Gasteiger partial charge >= 0.3 is 5.97 Å². The number of benzene rings is 2. The molecule has 6 nitrogen and oxygen atoms in total. The third-order valence-electron chi connectivity index (χ3n) is 9.64. The molecule has 1 unspecified atom stereocenters. The first-order valence-corrected chi connectivity index (χ1v) is 17.7. The summed E-state index contributed by atoms with van der Waals surface area (Å²) in [5.41, 5.74) is 2.51. The van der Waals surface area contributed by atoms with Gasteiger partial charge in [-0.25, -0.2) is 4.79 Å². The van der Waals surface area contributed by atoms with Crippen LogP contribution in [0.25, 0.3) is 6.08 Å². The third-order valence-corrected chi connectivity index (χ3v) is 9.64. The van der Waals surface area contributed by atoms with Crippen molar-refractivity contribution in [2.24, 2.45) is 5.92 Å². The maximum absolute atomic E-state index is 11.4. The second kappa shape index (κ2) is 19.5. The molecule has 1 saturated carbocycles. The zero-order valence-corrected chi connectivity index (χ0v) is 27.6. The Morgan fingerprint density at radius 2 is 1.62 bits per heavy atom. The number of para-hydroxylation sites is 1. The number of Topliss-reactive ketones (excluding diaryl/α,β-unsaturated/α-hetero) is 1. The van der Waals surface area contributed by atoms with E-state index in [-0.39, 0.29) is 11.7 Å². The van der Waals surface area contributed by atoms with Crippen LogP contribution in [0.3, 0.4) is 0 Å². The molecule has 0 aromatic heterocycles. The first kappa shape index (κ1) is 34.9. The summed E-state index contributed by atoms with van der Waals surface area (Å²) in [6.07, 6.45) is 20.7. The fourth-order valence-electron chi connectivity index (χ4n) is 6.89. The van der Waals surface area contributed by atoms with E-state index >= 15 is 0 Å². The minimum Gasteiger partial charge on any atom is -0.493 e. The topological polar surface area (TPSA) is 70.1 Å². The van der Waals surface area contributed by atoms with E-state index in [1.54, 1.807) is 19.1 Å². The molecule has 1 aliphatic heterocycles. The number of hydrogen-bond donors (Lipinski definition) is 1. The summed E-state index contributed by atoms with van der Waals surface area (Å²) < 4.78 is 6.27. The number of allylic oxidation sites excluding steroid dienone is 1. The molecule has 0 bridgehead atoms. The highest BCUT2D eigenvalue weighted by molar-refractivity contribution is 5.87. The molecule has 4 rings (SSSR count). The molecule has 1 saturated heterocycles. The fraction of sp³-hybridized carbons (Fsp3) is 0.590. The molecule has 45 heavy (non-hydrogen) atoms. The molecule has 6 heteroatoms. The average molecular weight is 617 g/mol. The van der Waals surface area contributed by atoms with Crippen molar-refractivity contribution in [3.8, 4) is 5.75 Å². The average Bonchev–Trinajstić information content (AvgIpc) is 3.34. The molecule has 0 radical (unpaired) electrons. The summed E-state index contributed by atoms with van der Waals surface area (Å²) in [6.45, 7) is 8.51. The Morgan fingerprint density at radius 3 is 2.33 bits per heavy atom. The van der Waals surface area contributed by atoms with Gasteiger partial charge in [0.05, 0.1) is 12.2 Å². The van der Waals surface area contributed by atoms with Gasteiger partial charge < -0.3 is 19.5 Å². The van der Waals surface area contributed by atoms with Crippen molar-refractivity contribution >= 4 is 17.8 Å². The van der Waals surface area contributed by atoms with Gasteiger partial charge in [0, 0.05) is 44.2 Å². The van der Waals surface area contributed by atoms with Crippen LogP contribution in [0.1, 0.15) is 112 Å². The van der Waals surface area contributed by atoms with Gasteiger partial charge in [0.1, 0.15) is 11.5 Å². The number of ether oxygens (including phenoxy) is 1. The highest BCUT2D eigenvalue weighted by Gasteiger charge is 2.24. The Labute approximate surface area is 271 Å². The largest absolute Gasteiger partial charge is 0.493 e. The van der Waals surface area contributed by atoms with E-state index in [1.165, 1.54) is 84.1 Å². The van der Waals surface area contributed by atoms with Crippen molar-refractivity contribution < 1.29 is 19.4 Å². The van der Waals surface area contributed by atoms with E-state index in [0.29, 0.717) is 12.0 Å². The van der Waals surface area contributed by atoms with Gasteiger partial charge in [0.15, 0.2) is 0 Å². The van der Waals surface area contributed by atoms with E-state index in [9.17, 15) is 14.7 Å². The minimum absolute atomic E-state index is 0.237. The zero-order valence-electron chi connectivity index (χ0n) is 27.6. The monoisotopic (exact) mass is 616 g/mol. The van der Waals surface area contributed by atoms with E-state index in [1.807, 2.05) is 18.2 Å². The van der Waals surface area contributed by atoms with Gasteiger partial charge in [-0.2, -0.15) is 0 Å². The second-order valence-corrected chi connectivity index (χ2v) is 13.2. The van der Waals surface area contributed by atoms with Crippen molar-refractivity contribution in [3.05, 3.63) is 71.3 Å². The van der Waals surface area contributed by atoms with Gasteiger partial charge in [-0.15, -0.1) is 0 Å². The highest BCUT2D eigenvalue weighted by Crippen LogP contribution is 2.25. The van der Waals surface area contributed by atoms with Crippen LogP contribution in [-0.4, -0.2) is 72.0 Å². The van der Waals surface area contributed by atoms with Crippen LogP contribution in [-0.2, 0) is 11.2 Å². The smallest absolute Gasteiger partial charge is 0.335 e. The van der Waals surface area contributed by atoms with Crippen LogP contribution >= 0.6 is 0 Å². The number of unbranched alkanes of at least 4 members (excludes halogenated alkanes) is 3. The number of rotatable bonds is 18. The summed E-state index contributed by atoms with van der Waals surface area (Å²) in [6, 6.07) is 16.3. The molecule has 2 aromatic rings. The summed E-state index contributed by atoms with van der Waals surface area (Å²) in [5.74, 6) is 0.539. The molecule has 1 aliphatic carbocycles. The van der Waals surface area contributed by atoms with E-state index in [4.69, 9.17) is 4.74 Å². The van der Waals surface area contributed by atoms with Crippen LogP contribution < -0.4 is 4.74 Å². The summed E-state index contributed by atoms with van der Waals surface area (Å²) in [4.78, 5) is 28.1. The Hall–Kier alpha value is -2.96. The fourth-order valence-corrected chi connectivity index (χ4v) is 6.89. The number of carbonyl (C=O) groups is 2. The molecule has 246 valence electrons. The second-order valence-electron chi connectivity index (χ2n) is 13.2. The summed E-state index contributed by atoms with van der Waals surface area (Å²) in [5, 5.41) is 9.24. The number of carboxylic acids is 1.